The lowest BCUT2D eigenvalue weighted by atomic mass is 10.0. The van der Waals surface area contributed by atoms with Crippen LogP contribution < -0.4 is 0 Å². The molecule has 82 valence electrons. The number of diazo groups is 1. The van der Waals surface area contributed by atoms with Gasteiger partial charge in [-0.15, -0.1) is 0 Å². The van der Waals surface area contributed by atoms with Crippen LogP contribution in [-0.2, 0) is 0 Å². The summed E-state index contributed by atoms with van der Waals surface area (Å²) in [6.45, 7) is 1.88. The standard InChI is InChI=1S/C14H11N2O/c1-10-7-8-12(13(9-10)16-15)14(17)11-5-3-2-4-6-11/h2-9H,1H3/q+1. The second-order valence-corrected chi connectivity index (χ2v) is 3.82. The third kappa shape index (κ3) is 2.21. The highest BCUT2D eigenvalue weighted by atomic mass is 16.1. The SMILES string of the molecule is Cc1ccc(C(=O)c2ccccc2)c([N+]#N)c1. The first kappa shape index (κ1) is 11.0. The minimum absolute atomic E-state index is 0.140. The maximum absolute atomic E-state index is 12.2. The van der Waals surface area contributed by atoms with E-state index in [-0.39, 0.29) is 5.78 Å². The Morgan fingerprint density at radius 3 is 2.47 bits per heavy atom. The minimum atomic E-state index is -0.140. The molecule has 0 aliphatic heterocycles. The zero-order chi connectivity index (χ0) is 12.3. The highest BCUT2D eigenvalue weighted by Gasteiger charge is 2.21. The predicted octanol–water partition coefficient (Wildman–Crippen LogP) is 3.71. The molecular formula is C14H11N2O+. The number of benzene rings is 2. The van der Waals surface area contributed by atoms with Crippen LogP contribution in [0.25, 0.3) is 4.98 Å². The number of carbonyl (C=O) groups is 1. The number of aryl methyl sites for hydroxylation is 1. The van der Waals surface area contributed by atoms with Crippen molar-refractivity contribution in [3.8, 4) is 0 Å². The van der Waals surface area contributed by atoms with E-state index in [1.54, 1.807) is 36.4 Å². The van der Waals surface area contributed by atoms with Crippen LogP contribution in [-0.4, -0.2) is 5.78 Å². The molecule has 0 unspecified atom stereocenters. The predicted molar refractivity (Wildman–Crippen MR) is 65.8 cm³/mol. The first-order valence-electron chi connectivity index (χ1n) is 5.28. The lowest BCUT2D eigenvalue weighted by molar-refractivity contribution is 0.103. The van der Waals surface area contributed by atoms with Gasteiger partial charge < -0.3 is 0 Å². The highest BCUT2D eigenvalue weighted by molar-refractivity contribution is 6.12. The van der Waals surface area contributed by atoms with E-state index in [0.717, 1.165) is 5.56 Å². The lowest BCUT2D eigenvalue weighted by Crippen LogP contribution is -2.01. The molecule has 17 heavy (non-hydrogen) atoms. The Kier molecular flexibility index (Phi) is 2.97. The van der Waals surface area contributed by atoms with Gasteiger partial charge in [-0.05, 0) is 18.6 Å². The van der Waals surface area contributed by atoms with Crippen molar-refractivity contribution >= 4 is 11.5 Å². The smallest absolute Gasteiger partial charge is 0.288 e. The van der Waals surface area contributed by atoms with E-state index >= 15 is 0 Å². The summed E-state index contributed by atoms with van der Waals surface area (Å²) >= 11 is 0. The Morgan fingerprint density at radius 2 is 1.82 bits per heavy atom. The van der Waals surface area contributed by atoms with Crippen LogP contribution in [0.4, 0.5) is 5.69 Å². The average molecular weight is 223 g/mol. The summed E-state index contributed by atoms with van der Waals surface area (Å²) in [5.74, 6) is -0.140. The van der Waals surface area contributed by atoms with Crippen molar-refractivity contribution in [3.05, 3.63) is 70.2 Å². The molecule has 0 aromatic heterocycles. The second-order valence-electron chi connectivity index (χ2n) is 3.82. The van der Waals surface area contributed by atoms with Crippen molar-refractivity contribution in [3.63, 3.8) is 0 Å². The fourth-order valence-corrected chi connectivity index (χ4v) is 1.66. The molecule has 2 aromatic carbocycles. The van der Waals surface area contributed by atoms with E-state index in [0.29, 0.717) is 16.8 Å². The van der Waals surface area contributed by atoms with Crippen molar-refractivity contribution in [1.29, 1.82) is 5.39 Å². The Hall–Kier alpha value is -2.47. The molecule has 3 heteroatoms. The third-order valence-corrected chi connectivity index (χ3v) is 2.54. The van der Waals surface area contributed by atoms with E-state index < -0.39 is 0 Å². The molecule has 0 fully saturated rings. The molecule has 0 saturated carbocycles. The van der Waals surface area contributed by atoms with Gasteiger partial charge in [-0.3, -0.25) is 4.79 Å². The number of ketones is 1. The monoisotopic (exact) mass is 223 g/mol. The van der Waals surface area contributed by atoms with Gasteiger partial charge in [0.05, 0.1) is 0 Å². The fourth-order valence-electron chi connectivity index (χ4n) is 1.66. The van der Waals surface area contributed by atoms with Gasteiger partial charge in [0.2, 0.25) is 11.2 Å². The van der Waals surface area contributed by atoms with E-state index in [2.05, 4.69) is 4.98 Å². The average Bonchev–Trinajstić information content (AvgIpc) is 2.39. The summed E-state index contributed by atoms with van der Waals surface area (Å²) in [6.07, 6.45) is 0. The quantitative estimate of drug-likeness (QED) is 0.575. The molecule has 0 aliphatic rings. The molecule has 0 spiro atoms. The Morgan fingerprint density at radius 1 is 1.12 bits per heavy atom. The first-order chi connectivity index (χ1) is 8.22. The van der Waals surface area contributed by atoms with Crippen LogP contribution in [0.2, 0.25) is 0 Å². The normalized spacial score (nSPS) is 9.65. The number of nitrogens with zero attached hydrogens (tertiary/aromatic N) is 2. The van der Waals surface area contributed by atoms with Crippen molar-refractivity contribution in [2.75, 3.05) is 0 Å². The van der Waals surface area contributed by atoms with Crippen molar-refractivity contribution in [1.82, 2.24) is 0 Å². The van der Waals surface area contributed by atoms with Crippen molar-refractivity contribution in [2.24, 2.45) is 0 Å². The zero-order valence-electron chi connectivity index (χ0n) is 9.42. The molecule has 0 amide bonds. The summed E-state index contributed by atoms with van der Waals surface area (Å²) in [6, 6.07) is 14.1. The maximum Gasteiger partial charge on any atom is 0.396 e. The fraction of sp³-hybridized carbons (Fsp3) is 0.0714. The third-order valence-electron chi connectivity index (χ3n) is 2.54. The zero-order valence-corrected chi connectivity index (χ0v) is 9.42. The molecule has 0 heterocycles. The van der Waals surface area contributed by atoms with Gasteiger partial charge >= 0.3 is 5.69 Å². The van der Waals surface area contributed by atoms with Gasteiger partial charge in [0.25, 0.3) is 0 Å². The largest absolute Gasteiger partial charge is 0.396 e. The minimum Gasteiger partial charge on any atom is -0.288 e. The van der Waals surface area contributed by atoms with Crippen molar-refractivity contribution < 1.29 is 4.79 Å². The topological polar surface area (TPSA) is 45.2 Å². The summed E-state index contributed by atoms with van der Waals surface area (Å²) in [5, 5.41) is 8.91. The summed E-state index contributed by atoms with van der Waals surface area (Å²) in [5.41, 5.74) is 2.24. The first-order valence-corrected chi connectivity index (χ1v) is 5.28. The molecule has 0 saturated heterocycles. The molecule has 2 aromatic rings. The maximum atomic E-state index is 12.2. The van der Waals surface area contributed by atoms with Crippen LogP contribution in [0.1, 0.15) is 21.5 Å². The lowest BCUT2D eigenvalue weighted by Gasteiger charge is -1.99. The van der Waals surface area contributed by atoms with Gasteiger partial charge in [0, 0.05) is 11.6 Å². The number of carbonyl (C=O) groups excluding carboxylic acids is 1. The van der Waals surface area contributed by atoms with Gasteiger partial charge in [-0.2, -0.15) is 0 Å². The summed E-state index contributed by atoms with van der Waals surface area (Å²) in [7, 11) is 0. The molecule has 0 bridgehead atoms. The van der Waals surface area contributed by atoms with Crippen LogP contribution in [0.3, 0.4) is 0 Å². The van der Waals surface area contributed by atoms with E-state index in [1.165, 1.54) is 0 Å². The summed E-state index contributed by atoms with van der Waals surface area (Å²) < 4.78 is 0. The van der Waals surface area contributed by atoms with Gasteiger partial charge in [0.1, 0.15) is 5.56 Å². The Bertz CT molecular complexity index is 597. The Labute approximate surface area is 99.3 Å². The molecule has 0 radical (unpaired) electrons. The van der Waals surface area contributed by atoms with Crippen LogP contribution in [0.15, 0.2) is 48.5 Å². The molecule has 0 N–H and O–H groups in total. The van der Waals surface area contributed by atoms with Crippen LogP contribution in [0, 0.1) is 12.3 Å². The molecule has 3 nitrogen and oxygen atoms in total. The molecule has 0 atom stereocenters. The van der Waals surface area contributed by atoms with Crippen molar-refractivity contribution in [2.45, 2.75) is 6.92 Å². The van der Waals surface area contributed by atoms with Crippen LogP contribution in [0.5, 0.6) is 0 Å². The summed E-state index contributed by atoms with van der Waals surface area (Å²) in [4.78, 5) is 15.3. The Balaban J connectivity index is 2.49. The number of rotatable bonds is 2. The molecule has 0 aliphatic carbocycles. The van der Waals surface area contributed by atoms with Gasteiger partial charge in [-0.25, -0.2) is 0 Å². The molecule has 2 rings (SSSR count). The number of hydrogen-bond acceptors (Lipinski definition) is 2. The highest BCUT2D eigenvalue weighted by Crippen LogP contribution is 2.23. The van der Waals surface area contributed by atoms with Gasteiger partial charge in [-0.1, -0.05) is 36.4 Å². The number of hydrogen-bond donors (Lipinski definition) is 0. The van der Waals surface area contributed by atoms with E-state index in [9.17, 15) is 4.79 Å². The van der Waals surface area contributed by atoms with E-state index in [4.69, 9.17) is 5.39 Å². The van der Waals surface area contributed by atoms with E-state index in [1.807, 2.05) is 19.1 Å². The molecular weight excluding hydrogens is 212 g/mol. The van der Waals surface area contributed by atoms with Crippen LogP contribution >= 0.6 is 0 Å². The second kappa shape index (κ2) is 4.58. The van der Waals surface area contributed by atoms with Gasteiger partial charge in [0.15, 0.2) is 4.98 Å².